The Morgan fingerprint density at radius 3 is 2.26 bits per heavy atom. The number of para-hydroxylation sites is 2. The Morgan fingerprint density at radius 1 is 0.974 bits per heavy atom. The van der Waals surface area contributed by atoms with E-state index in [9.17, 15) is 32.4 Å². The van der Waals surface area contributed by atoms with Gasteiger partial charge in [-0.2, -0.15) is 18.4 Å². The Hall–Kier alpha value is -4.39. The molecule has 0 atom stereocenters. The van der Waals surface area contributed by atoms with Crippen molar-refractivity contribution in [1.29, 1.82) is 5.26 Å². The molecule has 3 aromatic carbocycles. The van der Waals surface area contributed by atoms with Crippen molar-refractivity contribution in [3.05, 3.63) is 94.8 Å². The molecule has 0 bridgehead atoms. The third-order valence-corrected chi connectivity index (χ3v) is 6.61. The second kappa shape index (κ2) is 10.9. The van der Waals surface area contributed by atoms with Crippen LogP contribution in [0.5, 0.6) is 0 Å². The second-order valence-electron chi connectivity index (χ2n) is 8.96. The Morgan fingerprint density at radius 2 is 1.61 bits per heavy atom. The van der Waals surface area contributed by atoms with Crippen molar-refractivity contribution in [3.63, 3.8) is 0 Å². The number of hydrogen-bond donors (Lipinski definition) is 1. The minimum Gasteiger partial charge on any atom is -0.354 e. The lowest BCUT2D eigenvalue weighted by Crippen LogP contribution is -2.47. The molecule has 0 unspecified atom stereocenters. The van der Waals surface area contributed by atoms with Crippen LogP contribution < -0.4 is 5.32 Å². The number of carbonyl (C=O) groups excluding carboxylic acids is 2. The first-order valence-electron chi connectivity index (χ1n) is 11.9. The Balaban J connectivity index is 1.45. The Labute approximate surface area is 217 Å². The fraction of sp³-hybridized carbons (Fsp3) is 0.250. The zero-order chi connectivity index (χ0) is 27.4. The number of halogens is 4. The number of piperidine rings is 1. The van der Waals surface area contributed by atoms with Crippen LogP contribution in [0.3, 0.4) is 0 Å². The maximum atomic E-state index is 13.5. The van der Waals surface area contributed by atoms with Gasteiger partial charge in [0.15, 0.2) is 0 Å². The minimum absolute atomic E-state index is 0.243. The van der Waals surface area contributed by atoms with Gasteiger partial charge < -0.3 is 15.1 Å². The molecule has 0 aliphatic carbocycles. The van der Waals surface area contributed by atoms with E-state index in [1.807, 2.05) is 0 Å². The van der Waals surface area contributed by atoms with Gasteiger partial charge in [0.2, 0.25) is 0 Å². The highest BCUT2D eigenvalue weighted by atomic mass is 19.4. The predicted molar refractivity (Wildman–Crippen MR) is 133 cm³/mol. The van der Waals surface area contributed by atoms with Gasteiger partial charge in [0.05, 0.1) is 33.6 Å². The van der Waals surface area contributed by atoms with Gasteiger partial charge in [-0.3, -0.25) is 9.59 Å². The van der Waals surface area contributed by atoms with E-state index < -0.39 is 35.1 Å². The zero-order valence-electron chi connectivity index (χ0n) is 20.4. The molecule has 1 saturated heterocycles. The van der Waals surface area contributed by atoms with Crippen LogP contribution in [0.15, 0.2) is 66.7 Å². The van der Waals surface area contributed by atoms with Crippen molar-refractivity contribution in [1.82, 2.24) is 9.80 Å². The normalized spacial score (nSPS) is 14.1. The summed E-state index contributed by atoms with van der Waals surface area (Å²) in [4.78, 5) is 29.2. The predicted octanol–water partition coefficient (Wildman–Crippen LogP) is 5.84. The first-order valence-corrected chi connectivity index (χ1v) is 11.9. The highest BCUT2D eigenvalue weighted by Crippen LogP contribution is 2.34. The van der Waals surface area contributed by atoms with Crippen LogP contribution >= 0.6 is 0 Å². The maximum Gasteiger partial charge on any atom is 0.417 e. The number of amides is 2. The van der Waals surface area contributed by atoms with E-state index >= 15 is 0 Å². The lowest BCUT2D eigenvalue weighted by molar-refractivity contribution is -0.138. The van der Waals surface area contributed by atoms with E-state index in [1.54, 1.807) is 53.4 Å². The average Bonchev–Trinajstić information content (AvgIpc) is 2.92. The van der Waals surface area contributed by atoms with Crippen LogP contribution in [-0.2, 0) is 6.18 Å². The van der Waals surface area contributed by atoms with E-state index in [0.29, 0.717) is 54.5 Å². The molecule has 1 fully saturated rings. The van der Waals surface area contributed by atoms with Gasteiger partial charge in [0, 0.05) is 26.2 Å². The molecule has 0 saturated carbocycles. The number of rotatable bonds is 5. The molecule has 1 N–H and O–H groups in total. The number of hydrogen-bond acceptors (Lipinski definition) is 4. The topological polar surface area (TPSA) is 76.4 Å². The third-order valence-electron chi connectivity index (χ3n) is 6.61. The smallest absolute Gasteiger partial charge is 0.354 e. The van der Waals surface area contributed by atoms with Crippen molar-refractivity contribution in [2.75, 3.05) is 25.5 Å². The summed E-state index contributed by atoms with van der Waals surface area (Å²) in [7, 11) is 1.42. The van der Waals surface area contributed by atoms with Crippen LogP contribution in [0.4, 0.5) is 28.9 Å². The number of carbonyl (C=O) groups is 2. The Bertz CT molecular complexity index is 1390. The van der Waals surface area contributed by atoms with Gasteiger partial charge in [0.1, 0.15) is 11.9 Å². The fourth-order valence-electron chi connectivity index (χ4n) is 4.53. The molecular formula is C28H24F4N4O2. The molecule has 10 heteroatoms. The van der Waals surface area contributed by atoms with E-state index in [4.69, 9.17) is 0 Å². The summed E-state index contributed by atoms with van der Waals surface area (Å²) in [5.41, 5.74) is 0.00249. The number of nitrogens with zero attached hydrogens (tertiary/aromatic N) is 3. The highest BCUT2D eigenvalue weighted by Gasteiger charge is 2.37. The van der Waals surface area contributed by atoms with E-state index in [-0.39, 0.29) is 5.91 Å². The number of benzene rings is 3. The van der Waals surface area contributed by atoms with Crippen LogP contribution in [0, 0.1) is 17.1 Å². The molecule has 4 rings (SSSR count). The van der Waals surface area contributed by atoms with Crippen LogP contribution in [0.1, 0.15) is 44.7 Å². The molecule has 38 heavy (non-hydrogen) atoms. The van der Waals surface area contributed by atoms with Crippen LogP contribution in [-0.4, -0.2) is 47.8 Å². The van der Waals surface area contributed by atoms with Crippen molar-refractivity contribution < 1.29 is 27.2 Å². The van der Waals surface area contributed by atoms with Gasteiger partial charge in [-0.25, -0.2) is 4.39 Å². The first kappa shape index (κ1) is 26.7. The summed E-state index contributed by atoms with van der Waals surface area (Å²) in [5.74, 6) is -2.17. The monoisotopic (exact) mass is 524 g/mol. The Kier molecular flexibility index (Phi) is 7.67. The third kappa shape index (κ3) is 5.62. The summed E-state index contributed by atoms with van der Waals surface area (Å²) in [5, 5.41) is 12.5. The van der Waals surface area contributed by atoms with Crippen molar-refractivity contribution in [2.45, 2.75) is 25.1 Å². The molecule has 0 aromatic heterocycles. The van der Waals surface area contributed by atoms with E-state index in [0.717, 1.165) is 12.1 Å². The summed E-state index contributed by atoms with van der Waals surface area (Å²) < 4.78 is 53.7. The van der Waals surface area contributed by atoms with Gasteiger partial charge in [-0.1, -0.05) is 24.3 Å². The number of nitrogens with one attached hydrogen (secondary N) is 1. The molecule has 6 nitrogen and oxygen atoms in total. The lowest BCUT2D eigenvalue weighted by Gasteiger charge is -2.37. The fourth-order valence-corrected chi connectivity index (χ4v) is 4.53. The number of alkyl halides is 3. The van der Waals surface area contributed by atoms with E-state index in [2.05, 4.69) is 11.4 Å². The molecule has 0 radical (unpaired) electrons. The quantitative estimate of drug-likeness (QED) is 0.426. The zero-order valence-corrected chi connectivity index (χ0v) is 20.4. The van der Waals surface area contributed by atoms with Gasteiger partial charge in [-0.05, 0) is 55.3 Å². The maximum absolute atomic E-state index is 13.5. The minimum atomic E-state index is -4.88. The molecule has 1 aliphatic heterocycles. The largest absolute Gasteiger partial charge is 0.417 e. The summed E-state index contributed by atoms with van der Waals surface area (Å²) in [6.45, 7) is 0.583. The van der Waals surface area contributed by atoms with Gasteiger partial charge in [-0.15, -0.1) is 0 Å². The first-order chi connectivity index (χ1) is 18.1. The second-order valence-corrected chi connectivity index (χ2v) is 8.96. The van der Waals surface area contributed by atoms with Gasteiger partial charge in [0.25, 0.3) is 11.8 Å². The summed E-state index contributed by atoms with van der Waals surface area (Å²) >= 11 is 0. The summed E-state index contributed by atoms with van der Waals surface area (Å²) in [6, 6.07) is 17.6. The van der Waals surface area contributed by atoms with Crippen molar-refractivity contribution in [2.24, 2.45) is 0 Å². The highest BCUT2D eigenvalue weighted by molar-refractivity contribution is 6.00. The average molecular weight is 525 g/mol. The molecule has 0 spiro atoms. The van der Waals surface area contributed by atoms with Crippen molar-refractivity contribution >= 4 is 23.2 Å². The van der Waals surface area contributed by atoms with Gasteiger partial charge >= 0.3 is 6.18 Å². The number of anilines is 2. The molecule has 1 heterocycles. The molecule has 2 amide bonds. The lowest BCUT2D eigenvalue weighted by atomic mass is 9.99. The molecule has 3 aromatic rings. The number of nitriles is 1. The molecular weight excluding hydrogens is 500 g/mol. The van der Waals surface area contributed by atoms with Crippen molar-refractivity contribution in [3.8, 4) is 6.07 Å². The molecule has 196 valence electrons. The standard InChI is InChI=1S/C28H24F4N4O2/c1-35(26(37)21-11-10-19(29)16-23(21)28(30,31)32)20-12-14-36(15-13-20)27(38)22-7-3-5-9-25(22)34-24-8-4-2-6-18(24)17-33/h2-11,16,20,34H,12-15H2,1H3. The van der Waals surface area contributed by atoms with E-state index in [1.165, 1.54) is 11.9 Å². The van der Waals surface area contributed by atoms with Crippen LogP contribution in [0.25, 0.3) is 0 Å². The SMILES string of the molecule is CN(C(=O)c1ccc(F)cc1C(F)(F)F)C1CCN(C(=O)c2ccccc2Nc2ccccc2C#N)CC1. The molecule has 1 aliphatic rings. The van der Waals surface area contributed by atoms with Crippen LogP contribution in [0.2, 0.25) is 0 Å². The summed E-state index contributed by atoms with van der Waals surface area (Å²) in [6.07, 6.45) is -4.15. The number of likely N-dealkylation sites (tertiary alicyclic amines) is 1.